The average molecular weight is 327 g/mol. The molecule has 0 unspecified atom stereocenters. The first-order valence-corrected chi connectivity index (χ1v) is 8.46. The van der Waals surface area contributed by atoms with Gasteiger partial charge in [-0.2, -0.15) is 0 Å². The van der Waals surface area contributed by atoms with Crippen LogP contribution in [-0.2, 0) is 6.54 Å². The Morgan fingerprint density at radius 1 is 1.09 bits per heavy atom. The van der Waals surface area contributed by atoms with Crippen molar-refractivity contribution in [2.45, 2.75) is 18.9 Å². The quantitative estimate of drug-likeness (QED) is 0.918. The summed E-state index contributed by atoms with van der Waals surface area (Å²) >= 11 is 5.90. The van der Waals surface area contributed by atoms with Crippen LogP contribution in [0, 0.1) is 5.92 Å². The second-order valence-electron chi connectivity index (χ2n) is 6.47. The van der Waals surface area contributed by atoms with E-state index in [1.165, 1.54) is 12.1 Å². The minimum Gasteiger partial charge on any atom is -0.316 e. The lowest BCUT2D eigenvalue weighted by molar-refractivity contribution is 0.257. The summed E-state index contributed by atoms with van der Waals surface area (Å²) in [6.45, 7) is 2.84. The highest BCUT2D eigenvalue weighted by atomic mass is 35.5. The Labute approximate surface area is 140 Å². The molecule has 0 amide bonds. The molecule has 23 heavy (non-hydrogen) atoms. The number of rotatable bonds is 2. The number of fused-ring (bicyclic) bond motifs is 4. The van der Waals surface area contributed by atoms with Gasteiger partial charge in [-0.1, -0.05) is 29.8 Å². The van der Waals surface area contributed by atoms with Gasteiger partial charge in [0.15, 0.2) is 0 Å². The van der Waals surface area contributed by atoms with E-state index in [1.807, 2.05) is 47.1 Å². The molecule has 118 valence electrons. The molecule has 1 fully saturated rings. The first-order valence-electron chi connectivity index (χ1n) is 8.09. The van der Waals surface area contributed by atoms with E-state index < -0.39 is 0 Å². The Morgan fingerprint density at radius 3 is 2.74 bits per heavy atom. The molecule has 1 aromatic carbocycles. The zero-order chi connectivity index (χ0) is 15.8. The number of piperidine rings is 1. The van der Waals surface area contributed by atoms with Gasteiger partial charge in [0.1, 0.15) is 0 Å². The van der Waals surface area contributed by atoms with E-state index in [1.54, 1.807) is 0 Å². The monoisotopic (exact) mass is 326 g/mol. The largest absolute Gasteiger partial charge is 0.316 e. The van der Waals surface area contributed by atoms with Gasteiger partial charge >= 0.3 is 0 Å². The Balaban J connectivity index is 1.67. The van der Waals surface area contributed by atoms with Crippen LogP contribution < -0.4 is 10.9 Å². The van der Waals surface area contributed by atoms with E-state index in [9.17, 15) is 4.79 Å². The van der Waals surface area contributed by atoms with Crippen LogP contribution in [0.5, 0.6) is 0 Å². The van der Waals surface area contributed by atoms with Gasteiger partial charge in [0, 0.05) is 35.3 Å². The fourth-order valence-corrected chi connectivity index (χ4v) is 3.82. The van der Waals surface area contributed by atoms with Crippen LogP contribution in [0.25, 0.3) is 12.2 Å². The summed E-state index contributed by atoms with van der Waals surface area (Å²) < 4.78 is 1.99. The van der Waals surface area contributed by atoms with E-state index in [2.05, 4.69) is 11.4 Å². The van der Waals surface area contributed by atoms with Crippen LogP contribution in [0.1, 0.15) is 29.2 Å². The van der Waals surface area contributed by atoms with Crippen molar-refractivity contribution in [3.8, 4) is 0 Å². The van der Waals surface area contributed by atoms with E-state index in [0.717, 1.165) is 35.8 Å². The normalized spacial score (nSPS) is 23.0. The summed E-state index contributed by atoms with van der Waals surface area (Å²) in [4.78, 5) is 12.8. The fraction of sp³-hybridized carbons (Fsp3) is 0.316. The van der Waals surface area contributed by atoms with E-state index in [4.69, 9.17) is 11.6 Å². The number of nitrogens with zero attached hydrogens (tertiary/aromatic N) is 1. The maximum absolute atomic E-state index is 12.8. The number of hydrogen-bond acceptors (Lipinski definition) is 2. The minimum absolute atomic E-state index is 0.129. The van der Waals surface area contributed by atoms with Crippen LogP contribution in [0.2, 0.25) is 5.02 Å². The van der Waals surface area contributed by atoms with Crippen molar-refractivity contribution in [3.05, 3.63) is 68.6 Å². The third kappa shape index (κ3) is 2.87. The van der Waals surface area contributed by atoms with Crippen LogP contribution >= 0.6 is 11.6 Å². The van der Waals surface area contributed by atoms with Crippen LogP contribution in [0.4, 0.5) is 0 Å². The number of aromatic nitrogens is 1. The Morgan fingerprint density at radius 2 is 1.91 bits per heavy atom. The zero-order valence-electron chi connectivity index (χ0n) is 12.8. The Kier molecular flexibility index (Phi) is 3.83. The molecule has 0 radical (unpaired) electrons. The van der Waals surface area contributed by atoms with E-state index in [0.29, 0.717) is 11.8 Å². The topological polar surface area (TPSA) is 34.0 Å². The molecule has 2 aromatic rings. The van der Waals surface area contributed by atoms with Gasteiger partial charge in [-0.15, -0.1) is 0 Å². The van der Waals surface area contributed by atoms with Gasteiger partial charge in [-0.25, -0.2) is 0 Å². The van der Waals surface area contributed by atoms with Crippen molar-refractivity contribution in [1.82, 2.24) is 9.88 Å². The number of nitrogens with one attached hydrogen (secondary N) is 1. The zero-order valence-corrected chi connectivity index (χ0v) is 13.6. The van der Waals surface area contributed by atoms with Crippen molar-refractivity contribution in [2.75, 3.05) is 13.1 Å². The predicted octanol–water partition coefficient (Wildman–Crippen LogP) is 3.38. The molecule has 3 heterocycles. The summed E-state index contributed by atoms with van der Waals surface area (Å²) in [6.07, 6.45) is 5.07. The number of hydrogen-bond donors (Lipinski definition) is 1. The van der Waals surface area contributed by atoms with Crippen molar-refractivity contribution >= 4 is 23.8 Å². The van der Waals surface area contributed by atoms with Gasteiger partial charge in [0.05, 0.1) is 0 Å². The van der Waals surface area contributed by atoms with Crippen LogP contribution in [-0.4, -0.2) is 17.7 Å². The summed E-state index contributed by atoms with van der Waals surface area (Å²) in [7, 11) is 0. The Bertz CT molecular complexity index is 807. The van der Waals surface area contributed by atoms with E-state index in [-0.39, 0.29) is 5.56 Å². The van der Waals surface area contributed by atoms with Gasteiger partial charge in [0.2, 0.25) is 0 Å². The van der Waals surface area contributed by atoms with Crippen molar-refractivity contribution in [2.24, 2.45) is 5.92 Å². The predicted molar refractivity (Wildman–Crippen MR) is 94.8 cm³/mol. The maximum Gasteiger partial charge on any atom is 0.258 e. The minimum atomic E-state index is 0.129. The molecule has 1 saturated heterocycles. The molecule has 2 aliphatic heterocycles. The summed E-state index contributed by atoms with van der Waals surface area (Å²) in [6, 6.07) is 11.7. The number of halogens is 1. The molecule has 2 aliphatic rings. The average Bonchev–Trinajstić information content (AvgIpc) is 2.57. The molecule has 0 spiro atoms. The molecule has 1 aromatic heterocycles. The number of pyridine rings is 1. The van der Waals surface area contributed by atoms with Crippen molar-refractivity contribution < 1.29 is 0 Å². The third-order valence-corrected chi connectivity index (χ3v) is 5.12. The summed E-state index contributed by atoms with van der Waals surface area (Å²) in [5.74, 6) is 1.05. The first-order chi connectivity index (χ1) is 11.2. The second-order valence-corrected chi connectivity index (χ2v) is 6.91. The third-order valence-electron chi connectivity index (χ3n) is 4.86. The molecule has 0 aliphatic carbocycles. The van der Waals surface area contributed by atoms with Crippen LogP contribution in [0.15, 0.2) is 41.2 Å². The molecular formula is C19H19ClN2O. The van der Waals surface area contributed by atoms with Gasteiger partial charge in [0.25, 0.3) is 5.56 Å². The molecule has 0 saturated carbocycles. The molecule has 3 nitrogen and oxygen atoms in total. The molecule has 2 bridgehead atoms. The van der Waals surface area contributed by atoms with Gasteiger partial charge in [-0.05, 0) is 54.8 Å². The molecule has 4 rings (SSSR count). The van der Waals surface area contributed by atoms with Gasteiger partial charge < -0.3 is 9.88 Å². The van der Waals surface area contributed by atoms with Crippen LogP contribution in [0.3, 0.4) is 0 Å². The lowest BCUT2D eigenvalue weighted by Gasteiger charge is -2.37. The number of benzene rings is 1. The van der Waals surface area contributed by atoms with Gasteiger partial charge in [-0.3, -0.25) is 4.79 Å². The second kappa shape index (κ2) is 5.99. The smallest absolute Gasteiger partial charge is 0.258 e. The van der Waals surface area contributed by atoms with Crippen molar-refractivity contribution in [3.63, 3.8) is 0 Å². The highest BCUT2D eigenvalue weighted by Gasteiger charge is 2.30. The summed E-state index contributed by atoms with van der Waals surface area (Å²) in [5.41, 5.74) is 3.10. The lowest BCUT2D eigenvalue weighted by Crippen LogP contribution is -2.45. The molecule has 2 atom stereocenters. The SMILES string of the molecule is O=c1c(/C=C/c2ccc(Cl)cc2)ccc2n1C[C@@H]1CNC[C@H]2C1. The fourth-order valence-electron chi connectivity index (χ4n) is 3.69. The molecule has 1 N–H and O–H groups in total. The highest BCUT2D eigenvalue weighted by Crippen LogP contribution is 2.31. The molecule has 4 heteroatoms. The summed E-state index contributed by atoms with van der Waals surface area (Å²) in [5, 5.41) is 4.19. The highest BCUT2D eigenvalue weighted by molar-refractivity contribution is 6.30. The first kappa shape index (κ1) is 14.7. The molecular weight excluding hydrogens is 308 g/mol. The standard InChI is InChI=1S/C19H19ClN2O/c20-17-6-2-13(3-7-17)1-4-15-5-8-18-16-9-14(10-21-11-16)12-22(18)19(15)23/h1-8,14,16,21H,9-12H2/b4-1+/t14-,16+/m0/s1. The Hall–Kier alpha value is -1.84. The maximum atomic E-state index is 12.8. The van der Waals surface area contributed by atoms with E-state index >= 15 is 0 Å². The van der Waals surface area contributed by atoms with Crippen molar-refractivity contribution in [1.29, 1.82) is 0 Å². The lowest BCUT2D eigenvalue weighted by atomic mass is 9.84.